The molecular formula is C13H28IN3O2. The van der Waals surface area contributed by atoms with Gasteiger partial charge in [-0.1, -0.05) is 13.3 Å². The van der Waals surface area contributed by atoms with Gasteiger partial charge < -0.3 is 20.5 Å². The number of halogens is 1. The van der Waals surface area contributed by atoms with Gasteiger partial charge in [0, 0.05) is 32.2 Å². The molecule has 6 heteroatoms. The third kappa shape index (κ3) is 10.4. The van der Waals surface area contributed by atoms with Gasteiger partial charge in [-0.3, -0.25) is 4.99 Å². The van der Waals surface area contributed by atoms with Crippen LogP contribution in [0.1, 0.15) is 32.6 Å². The van der Waals surface area contributed by atoms with Gasteiger partial charge in [-0.25, -0.2) is 0 Å². The van der Waals surface area contributed by atoms with Crippen LogP contribution in [0.25, 0.3) is 0 Å². The van der Waals surface area contributed by atoms with Crippen LogP contribution >= 0.6 is 24.0 Å². The second kappa shape index (κ2) is 12.9. The molecule has 5 nitrogen and oxygen atoms in total. The van der Waals surface area contributed by atoms with Gasteiger partial charge in [0.1, 0.15) is 0 Å². The first-order valence-electron chi connectivity index (χ1n) is 7.02. The minimum Gasteiger partial charge on any atom is -0.381 e. The quantitative estimate of drug-likeness (QED) is 0.275. The summed E-state index contributed by atoms with van der Waals surface area (Å²) in [5.74, 6) is 1.14. The first-order chi connectivity index (χ1) is 8.83. The van der Waals surface area contributed by atoms with Crippen LogP contribution in [-0.4, -0.2) is 45.5 Å². The highest BCUT2D eigenvalue weighted by molar-refractivity contribution is 14.0. The molecule has 0 saturated carbocycles. The lowest BCUT2D eigenvalue weighted by atomic mass is 10.1. The zero-order chi connectivity index (χ0) is 13.1. The van der Waals surface area contributed by atoms with Crippen molar-refractivity contribution in [3.05, 3.63) is 0 Å². The van der Waals surface area contributed by atoms with E-state index < -0.39 is 0 Å². The van der Waals surface area contributed by atoms with E-state index in [2.05, 4.69) is 17.2 Å². The summed E-state index contributed by atoms with van der Waals surface area (Å²) < 4.78 is 10.9. The Bertz CT molecular complexity index is 234. The summed E-state index contributed by atoms with van der Waals surface area (Å²) in [6.07, 6.45) is 4.35. The molecule has 3 N–H and O–H groups in total. The zero-order valence-corrected chi connectivity index (χ0v) is 14.2. The van der Waals surface area contributed by atoms with E-state index in [1.165, 1.54) is 6.42 Å². The Labute approximate surface area is 133 Å². The molecule has 0 radical (unpaired) electrons. The van der Waals surface area contributed by atoms with E-state index in [-0.39, 0.29) is 24.0 Å². The molecule has 1 heterocycles. The molecule has 114 valence electrons. The fourth-order valence-electron chi connectivity index (χ4n) is 1.78. The van der Waals surface area contributed by atoms with Crippen LogP contribution in [0.5, 0.6) is 0 Å². The minimum absolute atomic E-state index is 0. The third-order valence-electron chi connectivity index (χ3n) is 2.94. The zero-order valence-electron chi connectivity index (χ0n) is 11.9. The molecule has 0 aromatic heterocycles. The highest BCUT2D eigenvalue weighted by Crippen LogP contribution is 2.12. The Morgan fingerprint density at radius 2 is 2.32 bits per heavy atom. The molecule has 1 unspecified atom stereocenters. The first kappa shape index (κ1) is 18.9. The van der Waals surface area contributed by atoms with Crippen molar-refractivity contribution < 1.29 is 9.47 Å². The molecule has 1 fully saturated rings. The molecule has 1 aliphatic rings. The predicted octanol–water partition coefficient (Wildman–Crippen LogP) is 1.75. The number of guanidine groups is 1. The molecule has 1 atom stereocenters. The van der Waals surface area contributed by atoms with Crippen molar-refractivity contribution in [2.45, 2.75) is 32.6 Å². The fraction of sp³-hybridized carbons (Fsp3) is 0.923. The third-order valence-corrected chi connectivity index (χ3v) is 2.94. The van der Waals surface area contributed by atoms with E-state index in [1.807, 2.05) is 0 Å². The second-order valence-corrected chi connectivity index (χ2v) is 4.71. The number of rotatable bonds is 9. The second-order valence-electron chi connectivity index (χ2n) is 4.71. The molecule has 0 aromatic rings. The van der Waals surface area contributed by atoms with E-state index in [1.54, 1.807) is 0 Å². The summed E-state index contributed by atoms with van der Waals surface area (Å²) in [4.78, 5) is 4.24. The van der Waals surface area contributed by atoms with Gasteiger partial charge in [-0.2, -0.15) is 0 Å². The topological polar surface area (TPSA) is 68.9 Å². The molecule has 0 amide bonds. The van der Waals surface area contributed by atoms with Crippen LogP contribution in [-0.2, 0) is 9.47 Å². The van der Waals surface area contributed by atoms with Gasteiger partial charge >= 0.3 is 0 Å². The van der Waals surface area contributed by atoms with Crippen molar-refractivity contribution >= 4 is 29.9 Å². The Kier molecular flexibility index (Phi) is 12.9. The largest absolute Gasteiger partial charge is 0.381 e. The van der Waals surface area contributed by atoms with Crippen LogP contribution in [0.2, 0.25) is 0 Å². The Balaban J connectivity index is 0.00000324. The molecule has 1 rings (SSSR count). The molecule has 0 aromatic carbocycles. The molecule has 0 spiro atoms. The van der Waals surface area contributed by atoms with Gasteiger partial charge in [0.15, 0.2) is 5.96 Å². The lowest BCUT2D eigenvalue weighted by molar-refractivity contribution is 0.0893. The van der Waals surface area contributed by atoms with Crippen LogP contribution in [0.4, 0.5) is 0 Å². The van der Waals surface area contributed by atoms with Crippen LogP contribution in [0.3, 0.4) is 0 Å². The number of hydrogen-bond acceptors (Lipinski definition) is 3. The number of ether oxygens (including phenoxy) is 2. The van der Waals surface area contributed by atoms with Crippen LogP contribution in [0.15, 0.2) is 4.99 Å². The number of nitrogens with zero attached hydrogens (tertiary/aromatic N) is 1. The number of nitrogens with two attached hydrogens (primary N) is 1. The molecule has 19 heavy (non-hydrogen) atoms. The molecule has 1 aliphatic heterocycles. The van der Waals surface area contributed by atoms with E-state index in [0.717, 1.165) is 58.8 Å². The van der Waals surface area contributed by atoms with Gasteiger partial charge in [-0.15, -0.1) is 24.0 Å². The highest BCUT2D eigenvalue weighted by atomic mass is 127. The lowest BCUT2D eigenvalue weighted by Gasteiger charge is -2.08. The average Bonchev–Trinajstić information content (AvgIpc) is 2.87. The summed E-state index contributed by atoms with van der Waals surface area (Å²) in [7, 11) is 0. The normalized spacial score (nSPS) is 19.2. The maximum atomic E-state index is 5.71. The maximum absolute atomic E-state index is 5.71. The smallest absolute Gasteiger partial charge is 0.188 e. The number of hydrogen-bond donors (Lipinski definition) is 2. The summed E-state index contributed by atoms with van der Waals surface area (Å²) in [5, 5.41) is 3.09. The lowest BCUT2D eigenvalue weighted by Crippen LogP contribution is -2.32. The standard InChI is InChI=1S/C13H27N3O2.HI/c1-2-3-6-15-13(14)16-7-4-8-17-10-12-5-9-18-11-12;/h12H,2-11H2,1H3,(H3,14,15,16);1H. The SMILES string of the molecule is CCCCNC(N)=NCCCOCC1CCOC1.I. The monoisotopic (exact) mass is 385 g/mol. The molecule has 0 bridgehead atoms. The Hall–Kier alpha value is -0.0800. The van der Waals surface area contributed by atoms with Crippen molar-refractivity contribution in [3.8, 4) is 0 Å². The van der Waals surface area contributed by atoms with E-state index >= 15 is 0 Å². The fourth-order valence-corrected chi connectivity index (χ4v) is 1.78. The summed E-state index contributed by atoms with van der Waals surface area (Å²) in [6, 6.07) is 0. The summed E-state index contributed by atoms with van der Waals surface area (Å²) in [6.45, 7) is 7.10. The van der Waals surface area contributed by atoms with Gasteiger partial charge in [0.2, 0.25) is 0 Å². The molecular weight excluding hydrogens is 357 g/mol. The summed E-state index contributed by atoms with van der Waals surface area (Å²) >= 11 is 0. The average molecular weight is 385 g/mol. The van der Waals surface area contributed by atoms with Gasteiger partial charge in [0.25, 0.3) is 0 Å². The molecule has 0 aliphatic carbocycles. The van der Waals surface area contributed by atoms with Crippen molar-refractivity contribution in [1.29, 1.82) is 0 Å². The Morgan fingerprint density at radius 3 is 3.00 bits per heavy atom. The Morgan fingerprint density at radius 1 is 1.47 bits per heavy atom. The van der Waals surface area contributed by atoms with Crippen molar-refractivity contribution in [2.24, 2.45) is 16.6 Å². The number of nitrogens with one attached hydrogen (secondary N) is 1. The number of unbranched alkanes of at least 4 members (excludes halogenated alkanes) is 1. The molecule has 1 saturated heterocycles. The predicted molar refractivity (Wildman–Crippen MR) is 89.2 cm³/mol. The van der Waals surface area contributed by atoms with Gasteiger partial charge in [0.05, 0.1) is 13.2 Å². The van der Waals surface area contributed by atoms with E-state index in [4.69, 9.17) is 15.2 Å². The maximum Gasteiger partial charge on any atom is 0.188 e. The number of aliphatic imine (C=N–C) groups is 1. The van der Waals surface area contributed by atoms with Crippen molar-refractivity contribution in [1.82, 2.24) is 5.32 Å². The van der Waals surface area contributed by atoms with E-state index in [0.29, 0.717) is 11.9 Å². The van der Waals surface area contributed by atoms with Gasteiger partial charge in [-0.05, 0) is 19.3 Å². The summed E-state index contributed by atoms with van der Waals surface area (Å²) in [5.41, 5.74) is 5.71. The van der Waals surface area contributed by atoms with Crippen LogP contribution < -0.4 is 11.1 Å². The van der Waals surface area contributed by atoms with Crippen LogP contribution in [0, 0.1) is 5.92 Å². The van der Waals surface area contributed by atoms with E-state index in [9.17, 15) is 0 Å². The van der Waals surface area contributed by atoms with Crippen molar-refractivity contribution in [2.75, 3.05) is 39.5 Å². The first-order valence-corrected chi connectivity index (χ1v) is 7.02. The highest BCUT2D eigenvalue weighted by Gasteiger charge is 2.14. The minimum atomic E-state index is 0. The van der Waals surface area contributed by atoms with Crippen molar-refractivity contribution in [3.63, 3.8) is 0 Å².